The second-order valence-corrected chi connectivity index (χ2v) is 0.869. The van der Waals surface area contributed by atoms with Crippen LogP contribution >= 0.6 is 0 Å². The highest BCUT2D eigenvalue weighted by atomic mass is 16.3. The Balaban J connectivity index is 2.96. The van der Waals surface area contributed by atoms with E-state index in [1.165, 1.54) is 6.29 Å². The zero-order valence-electron chi connectivity index (χ0n) is 3.22. The first-order chi connectivity index (χ1) is 2.81. The molecule has 0 unspecified atom stereocenters. The summed E-state index contributed by atoms with van der Waals surface area (Å²) in [5.74, 6) is 0. The first-order valence-electron chi connectivity index (χ1n) is 1.57. The number of hydrogen-bond acceptors (Lipinski definition) is 3. The van der Waals surface area contributed by atoms with Crippen molar-refractivity contribution in [1.82, 2.24) is 0 Å². The normalized spacial score (nSPS) is 13.7. The van der Waals surface area contributed by atoms with Crippen LogP contribution < -0.4 is 5.73 Å². The van der Waals surface area contributed by atoms with E-state index in [0.29, 0.717) is 0 Å². The van der Waals surface area contributed by atoms with Crippen LogP contribution in [0.1, 0.15) is 0 Å². The predicted octanol–water partition coefficient (Wildman–Crippen LogP) is -1.58. The first kappa shape index (κ1) is 5.59. The molecular weight excluding hydrogens is 82.0 g/mol. The van der Waals surface area contributed by atoms with Crippen molar-refractivity contribution in [1.29, 1.82) is 0 Å². The maximum absolute atomic E-state index is 9.28. The molecule has 0 aliphatic carbocycles. The van der Waals surface area contributed by atoms with Crippen LogP contribution in [-0.4, -0.2) is 24.0 Å². The minimum absolute atomic E-state index is 0.0382. The lowest BCUT2D eigenvalue weighted by atomic mass is 10.4. The molecule has 1 atom stereocenters. The van der Waals surface area contributed by atoms with E-state index >= 15 is 0 Å². The van der Waals surface area contributed by atoms with Gasteiger partial charge in [-0.15, -0.1) is 0 Å². The van der Waals surface area contributed by atoms with Crippen LogP contribution in [-0.2, 0) is 4.79 Å². The summed E-state index contributed by atoms with van der Waals surface area (Å²) >= 11 is 0. The Bertz CT molecular complexity index is 46.1. The average Bonchev–Trinajstić information content (AvgIpc) is 1.65. The molecule has 0 heterocycles. The standard InChI is InChI=1S/C3H6NO2/c4-1-3(6)2-5/h3,6H,1,4H2/t3-/m1/s1. The fraction of sp³-hybridized carbons (Fsp3) is 0.667. The van der Waals surface area contributed by atoms with Gasteiger partial charge >= 0.3 is 0 Å². The molecule has 3 N–H and O–H groups in total. The van der Waals surface area contributed by atoms with Gasteiger partial charge in [-0.2, -0.15) is 0 Å². The number of aliphatic hydroxyl groups excluding tert-OH is 1. The Hall–Kier alpha value is -0.410. The van der Waals surface area contributed by atoms with Crippen LogP contribution in [0.2, 0.25) is 0 Å². The zero-order chi connectivity index (χ0) is 4.99. The van der Waals surface area contributed by atoms with Crippen LogP contribution in [0.5, 0.6) is 0 Å². The fourth-order valence-electron chi connectivity index (χ4n) is 0.0481. The molecule has 0 aromatic carbocycles. The largest absolute Gasteiger partial charge is 0.383 e. The zero-order valence-corrected chi connectivity index (χ0v) is 3.22. The number of carbonyl (C=O) groups excluding carboxylic acids is 1. The Morgan fingerprint density at radius 3 is 2.50 bits per heavy atom. The topological polar surface area (TPSA) is 63.3 Å². The molecule has 0 aromatic rings. The second kappa shape index (κ2) is 2.81. The van der Waals surface area contributed by atoms with E-state index in [1.54, 1.807) is 0 Å². The van der Waals surface area contributed by atoms with Crippen LogP contribution in [0.3, 0.4) is 0 Å². The van der Waals surface area contributed by atoms with Gasteiger partial charge < -0.3 is 10.8 Å². The molecule has 0 aliphatic heterocycles. The van der Waals surface area contributed by atoms with E-state index in [-0.39, 0.29) is 6.54 Å². The maximum atomic E-state index is 9.28. The molecule has 3 nitrogen and oxygen atoms in total. The van der Waals surface area contributed by atoms with Crippen molar-refractivity contribution in [3.8, 4) is 0 Å². The van der Waals surface area contributed by atoms with Crippen molar-refractivity contribution in [2.75, 3.05) is 6.54 Å². The number of nitrogens with two attached hydrogens (primary N) is 1. The van der Waals surface area contributed by atoms with Gasteiger partial charge in [-0.25, -0.2) is 0 Å². The summed E-state index contributed by atoms with van der Waals surface area (Å²) in [7, 11) is 0. The number of hydrogen-bond donors (Lipinski definition) is 2. The SMILES string of the molecule is NC[C@@H](O)[C]=O. The summed E-state index contributed by atoms with van der Waals surface area (Å²) < 4.78 is 0. The minimum Gasteiger partial charge on any atom is -0.383 e. The van der Waals surface area contributed by atoms with Gasteiger partial charge in [0.25, 0.3) is 0 Å². The summed E-state index contributed by atoms with van der Waals surface area (Å²) in [5, 5.41) is 8.12. The van der Waals surface area contributed by atoms with E-state index in [4.69, 9.17) is 10.8 Å². The third kappa shape index (κ3) is 1.87. The highest BCUT2D eigenvalue weighted by Crippen LogP contribution is 1.63. The van der Waals surface area contributed by atoms with Crippen molar-refractivity contribution in [3.63, 3.8) is 0 Å². The van der Waals surface area contributed by atoms with E-state index in [0.717, 1.165) is 0 Å². The smallest absolute Gasteiger partial charge is 0.230 e. The Labute approximate surface area is 35.8 Å². The molecular formula is C3H6NO2. The number of rotatable bonds is 2. The van der Waals surface area contributed by atoms with E-state index in [9.17, 15) is 4.79 Å². The van der Waals surface area contributed by atoms with E-state index in [1.807, 2.05) is 0 Å². The molecule has 0 aromatic heterocycles. The highest BCUT2D eigenvalue weighted by Gasteiger charge is 1.93. The minimum atomic E-state index is -1.09. The fourth-order valence-corrected chi connectivity index (χ4v) is 0.0481. The lowest BCUT2D eigenvalue weighted by Gasteiger charge is -1.88. The Kier molecular flexibility index (Phi) is 2.62. The van der Waals surface area contributed by atoms with Gasteiger partial charge in [0.05, 0.1) is 0 Å². The van der Waals surface area contributed by atoms with Gasteiger partial charge in [0.2, 0.25) is 6.29 Å². The summed E-state index contributed by atoms with van der Waals surface area (Å²) in [6.45, 7) is -0.0382. The van der Waals surface area contributed by atoms with Crippen molar-refractivity contribution < 1.29 is 9.90 Å². The lowest BCUT2D eigenvalue weighted by Crippen LogP contribution is -2.20. The van der Waals surface area contributed by atoms with Gasteiger partial charge in [-0.05, 0) is 0 Å². The van der Waals surface area contributed by atoms with Crippen LogP contribution in [0.15, 0.2) is 0 Å². The maximum Gasteiger partial charge on any atom is 0.230 e. The van der Waals surface area contributed by atoms with Crippen LogP contribution in [0, 0.1) is 0 Å². The monoisotopic (exact) mass is 88.0 g/mol. The summed E-state index contributed by atoms with van der Waals surface area (Å²) in [6.07, 6.45) is 0.203. The van der Waals surface area contributed by atoms with E-state index in [2.05, 4.69) is 0 Å². The Morgan fingerprint density at radius 1 is 2.00 bits per heavy atom. The lowest BCUT2D eigenvalue weighted by molar-refractivity contribution is 0.242. The third-order valence-corrected chi connectivity index (χ3v) is 0.359. The highest BCUT2D eigenvalue weighted by molar-refractivity contribution is 5.56. The predicted molar refractivity (Wildman–Crippen MR) is 20.8 cm³/mol. The molecule has 0 amide bonds. The van der Waals surface area contributed by atoms with Gasteiger partial charge in [0.1, 0.15) is 6.10 Å². The van der Waals surface area contributed by atoms with Gasteiger partial charge in [0.15, 0.2) is 0 Å². The average molecular weight is 88.1 g/mol. The third-order valence-electron chi connectivity index (χ3n) is 0.359. The van der Waals surface area contributed by atoms with Gasteiger partial charge in [-0.3, -0.25) is 4.79 Å². The van der Waals surface area contributed by atoms with Crippen molar-refractivity contribution in [2.24, 2.45) is 5.73 Å². The van der Waals surface area contributed by atoms with Crippen molar-refractivity contribution in [2.45, 2.75) is 6.10 Å². The Morgan fingerprint density at radius 2 is 2.50 bits per heavy atom. The quantitative estimate of drug-likeness (QED) is 0.428. The molecule has 6 heavy (non-hydrogen) atoms. The second-order valence-electron chi connectivity index (χ2n) is 0.869. The molecule has 0 aliphatic rings. The van der Waals surface area contributed by atoms with Crippen molar-refractivity contribution >= 4 is 6.29 Å². The van der Waals surface area contributed by atoms with Crippen LogP contribution in [0.4, 0.5) is 0 Å². The van der Waals surface area contributed by atoms with E-state index < -0.39 is 6.10 Å². The molecule has 0 bridgehead atoms. The first-order valence-corrected chi connectivity index (χ1v) is 1.57. The van der Waals surface area contributed by atoms with Crippen LogP contribution in [0.25, 0.3) is 0 Å². The number of aliphatic hydroxyl groups is 1. The molecule has 3 heteroatoms. The van der Waals surface area contributed by atoms with Crippen molar-refractivity contribution in [3.05, 3.63) is 0 Å². The summed E-state index contributed by atoms with van der Waals surface area (Å²) in [5.41, 5.74) is 4.77. The summed E-state index contributed by atoms with van der Waals surface area (Å²) in [6, 6.07) is 0. The molecule has 0 saturated heterocycles. The molecule has 1 radical (unpaired) electrons. The summed E-state index contributed by atoms with van der Waals surface area (Å²) in [4.78, 5) is 9.28. The molecule has 0 rings (SSSR count). The van der Waals surface area contributed by atoms with Gasteiger partial charge in [-0.1, -0.05) is 0 Å². The molecule has 0 fully saturated rings. The molecule has 35 valence electrons. The molecule has 0 saturated carbocycles. The molecule has 0 spiro atoms. The van der Waals surface area contributed by atoms with Gasteiger partial charge in [0, 0.05) is 6.54 Å².